The first-order valence-electron chi connectivity index (χ1n) is 10.4. The molecule has 0 aliphatic carbocycles. The quantitative estimate of drug-likeness (QED) is 0.471. The van der Waals surface area contributed by atoms with Gasteiger partial charge in [-0.15, -0.1) is 0 Å². The molecule has 2 aromatic carbocycles. The predicted molar refractivity (Wildman–Crippen MR) is 122 cm³/mol. The van der Waals surface area contributed by atoms with Gasteiger partial charge in [-0.1, -0.05) is 24.9 Å². The maximum Gasteiger partial charge on any atom is 0.336 e. The number of methoxy groups -OCH3 is 3. The summed E-state index contributed by atoms with van der Waals surface area (Å²) in [7, 11) is 4.75. The van der Waals surface area contributed by atoms with Gasteiger partial charge in [0, 0.05) is 24.5 Å². The van der Waals surface area contributed by atoms with E-state index in [4.69, 9.17) is 35.0 Å². The summed E-state index contributed by atoms with van der Waals surface area (Å²) in [6, 6.07) is 7.20. The van der Waals surface area contributed by atoms with Gasteiger partial charge in [0.05, 0.1) is 31.9 Å². The van der Waals surface area contributed by atoms with Crippen molar-refractivity contribution in [2.24, 2.45) is 0 Å². The molecule has 0 amide bonds. The van der Waals surface area contributed by atoms with Gasteiger partial charge >= 0.3 is 5.63 Å². The van der Waals surface area contributed by atoms with Gasteiger partial charge in [-0.2, -0.15) is 0 Å². The Hall–Kier alpha value is -2.90. The molecule has 0 saturated carbocycles. The Labute approximate surface area is 191 Å². The normalized spacial score (nSPS) is 13.5. The third kappa shape index (κ3) is 4.10. The van der Waals surface area contributed by atoms with E-state index < -0.39 is 0 Å². The molecule has 0 saturated heterocycles. The second-order valence-electron chi connectivity index (χ2n) is 7.68. The molecule has 0 bridgehead atoms. The van der Waals surface area contributed by atoms with Crippen LogP contribution < -0.4 is 24.6 Å². The molecule has 4 rings (SSSR count). The van der Waals surface area contributed by atoms with Gasteiger partial charge in [-0.3, -0.25) is 4.90 Å². The number of hydrogen-bond donors (Lipinski definition) is 0. The predicted octanol–water partition coefficient (Wildman–Crippen LogP) is 4.78. The first-order valence-corrected chi connectivity index (χ1v) is 10.8. The Morgan fingerprint density at radius 3 is 2.41 bits per heavy atom. The summed E-state index contributed by atoms with van der Waals surface area (Å²) in [6.45, 7) is 3.49. The van der Waals surface area contributed by atoms with Crippen LogP contribution in [0.25, 0.3) is 11.0 Å². The lowest BCUT2D eigenvalue weighted by atomic mass is 10.0. The van der Waals surface area contributed by atoms with Crippen molar-refractivity contribution in [3.05, 3.63) is 56.4 Å². The van der Waals surface area contributed by atoms with Crippen LogP contribution in [0.15, 0.2) is 33.5 Å². The molecule has 3 aromatic rings. The van der Waals surface area contributed by atoms with Crippen molar-refractivity contribution < 1.29 is 23.4 Å². The van der Waals surface area contributed by atoms with Crippen LogP contribution in [0.5, 0.6) is 23.0 Å². The Bertz CT molecular complexity index is 1180. The van der Waals surface area contributed by atoms with Gasteiger partial charge < -0.3 is 23.4 Å². The van der Waals surface area contributed by atoms with Crippen LogP contribution in [0, 0.1) is 0 Å². The van der Waals surface area contributed by atoms with E-state index >= 15 is 0 Å². The molecule has 0 radical (unpaired) electrons. The van der Waals surface area contributed by atoms with Gasteiger partial charge in [-0.05, 0) is 35.7 Å². The molecule has 7 nitrogen and oxygen atoms in total. The minimum atomic E-state index is -0.368. The first kappa shape index (κ1) is 22.3. The van der Waals surface area contributed by atoms with Gasteiger partial charge in [0.2, 0.25) is 5.75 Å². The highest BCUT2D eigenvalue weighted by Gasteiger charge is 2.26. The van der Waals surface area contributed by atoms with E-state index in [2.05, 4.69) is 11.8 Å². The Balaban J connectivity index is 1.71. The zero-order valence-corrected chi connectivity index (χ0v) is 19.4. The largest absolute Gasteiger partial charge is 0.493 e. The highest BCUT2D eigenvalue weighted by molar-refractivity contribution is 6.33. The van der Waals surface area contributed by atoms with E-state index in [0.717, 1.165) is 34.9 Å². The SMILES string of the molecule is CCCc1cc(=O)oc2c3c(c(Cl)cc12)OCN(Cc1cc(OC)c(OC)c(OC)c1)C3. The molecule has 8 heteroatoms. The molecular formula is C24H26ClNO6. The number of rotatable bonds is 7. The number of nitrogens with zero attached hydrogens (tertiary/aromatic N) is 1. The summed E-state index contributed by atoms with van der Waals surface area (Å²) in [5, 5.41) is 1.37. The molecule has 1 aliphatic heterocycles. The van der Waals surface area contributed by atoms with Gasteiger partial charge in [0.15, 0.2) is 11.5 Å². The van der Waals surface area contributed by atoms with Crippen LogP contribution in [0.1, 0.15) is 30.0 Å². The minimum Gasteiger partial charge on any atom is -0.493 e. The molecular weight excluding hydrogens is 434 g/mol. The monoisotopic (exact) mass is 459 g/mol. The summed E-state index contributed by atoms with van der Waals surface area (Å²) in [5.41, 5.74) is 2.85. The number of benzene rings is 2. The van der Waals surface area contributed by atoms with Gasteiger partial charge in [0.1, 0.15) is 18.1 Å². The maximum absolute atomic E-state index is 12.2. The number of aryl methyl sites for hydroxylation is 1. The Morgan fingerprint density at radius 2 is 1.78 bits per heavy atom. The van der Waals surface area contributed by atoms with E-state index in [1.807, 2.05) is 18.2 Å². The Kier molecular flexibility index (Phi) is 6.48. The molecule has 170 valence electrons. The standard InChI is InChI=1S/C24H26ClNO6/c1-5-6-15-9-21(27)32-22-16(15)10-18(25)23-17(22)12-26(13-31-23)11-14-7-19(28-2)24(30-4)20(8-14)29-3/h7-10H,5-6,11-13H2,1-4H3. The van der Waals surface area contributed by atoms with Crippen LogP contribution in [-0.4, -0.2) is 33.0 Å². The molecule has 32 heavy (non-hydrogen) atoms. The van der Waals surface area contributed by atoms with Gasteiger partial charge in [0.25, 0.3) is 0 Å². The number of ether oxygens (including phenoxy) is 4. The van der Waals surface area contributed by atoms with Crippen LogP contribution in [0.4, 0.5) is 0 Å². The lowest BCUT2D eigenvalue weighted by molar-refractivity contribution is 0.0889. The summed E-state index contributed by atoms with van der Waals surface area (Å²) in [4.78, 5) is 14.3. The Morgan fingerprint density at radius 1 is 1.06 bits per heavy atom. The van der Waals surface area contributed by atoms with Crippen molar-refractivity contribution in [3.63, 3.8) is 0 Å². The summed E-state index contributed by atoms with van der Waals surface area (Å²) >= 11 is 6.54. The molecule has 1 aromatic heterocycles. The van der Waals surface area contributed by atoms with Crippen LogP contribution in [-0.2, 0) is 19.5 Å². The first-order chi connectivity index (χ1) is 15.5. The zero-order chi connectivity index (χ0) is 22.8. The van der Waals surface area contributed by atoms with E-state index in [9.17, 15) is 4.79 Å². The van der Waals surface area contributed by atoms with Crippen molar-refractivity contribution in [2.75, 3.05) is 28.1 Å². The second-order valence-corrected chi connectivity index (χ2v) is 8.08. The van der Waals surface area contributed by atoms with Crippen LogP contribution in [0.3, 0.4) is 0 Å². The summed E-state index contributed by atoms with van der Waals surface area (Å²) in [6.07, 6.45) is 1.68. The molecule has 2 heterocycles. The van der Waals surface area contributed by atoms with E-state index in [1.54, 1.807) is 27.4 Å². The molecule has 0 fully saturated rings. The van der Waals surface area contributed by atoms with Crippen molar-refractivity contribution in [2.45, 2.75) is 32.9 Å². The third-order valence-electron chi connectivity index (χ3n) is 5.54. The average molecular weight is 460 g/mol. The lowest BCUT2D eigenvalue weighted by Gasteiger charge is -2.30. The summed E-state index contributed by atoms with van der Waals surface area (Å²) < 4.78 is 28.0. The van der Waals surface area contributed by atoms with E-state index in [1.165, 1.54) is 0 Å². The molecule has 0 N–H and O–H groups in total. The lowest BCUT2D eigenvalue weighted by Crippen LogP contribution is -2.32. The smallest absolute Gasteiger partial charge is 0.336 e. The fourth-order valence-electron chi connectivity index (χ4n) is 4.16. The topological polar surface area (TPSA) is 70.4 Å². The van der Waals surface area contributed by atoms with Crippen molar-refractivity contribution in [1.29, 1.82) is 0 Å². The van der Waals surface area contributed by atoms with Gasteiger partial charge in [-0.25, -0.2) is 4.79 Å². The fraction of sp³-hybridized carbons (Fsp3) is 0.375. The second kappa shape index (κ2) is 9.30. The maximum atomic E-state index is 12.2. The van der Waals surface area contributed by atoms with Crippen LogP contribution in [0.2, 0.25) is 5.02 Å². The fourth-order valence-corrected chi connectivity index (χ4v) is 4.44. The zero-order valence-electron chi connectivity index (χ0n) is 18.6. The molecule has 0 unspecified atom stereocenters. The molecule has 0 atom stereocenters. The molecule has 0 spiro atoms. The van der Waals surface area contributed by atoms with Crippen LogP contribution >= 0.6 is 11.6 Å². The van der Waals surface area contributed by atoms with Crippen molar-refractivity contribution in [3.8, 4) is 23.0 Å². The average Bonchev–Trinajstić information content (AvgIpc) is 2.79. The highest BCUT2D eigenvalue weighted by atomic mass is 35.5. The van der Waals surface area contributed by atoms with E-state index in [-0.39, 0.29) is 5.63 Å². The minimum absolute atomic E-state index is 0.341. The van der Waals surface area contributed by atoms with Crippen molar-refractivity contribution >= 4 is 22.6 Å². The number of fused-ring (bicyclic) bond motifs is 3. The number of halogens is 1. The third-order valence-corrected chi connectivity index (χ3v) is 5.83. The number of hydrogen-bond acceptors (Lipinski definition) is 7. The molecule has 1 aliphatic rings. The van der Waals surface area contributed by atoms with E-state index in [0.29, 0.717) is 53.4 Å². The highest BCUT2D eigenvalue weighted by Crippen LogP contribution is 2.41. The summed E-state index contributed by atoms with van der Waals surface area (Å²) in [5.74, 6) is 2.28. The van der Waals surface area contributed by atoms with Crippen molar-refractivity contribution in [1.82, 2.24) is 4.90 Å².